The monoisotopic (exact) mass is 315 g/mol. The Hall–Kier alpha value is -2.28. The molecule has 0 unspecified atom stereocenters. The molecule has 1 saturated heterocycles. The van der Waals surface area contributed by atoms with Gasteiger partial charge in [0.2, 0.25) is 5.91 Å². The average Bonchev–Trinajstić information content (AvgIpc) is 3.04. The normalized spacial score (nSPS) is 20.7. The molecule has 23 heavy (non-hydrogen) atoms. The summed E-state index contributed by atoms with van der Waals surface area (Å²) in [6.07, 6.45) is 2.07. The number of carbonyl (C=O) groups is 1. The number of anilines is 1. The second-order valence-corrected chi connectivity index (χ2v) is 5.87. The van der Waals surface area contributed by atoms with E-state index in [1.807, 2.05) is 25.6 Å². The van der Waals surface area contributed by atoms with Crippen LogP contribution in [0.5, 0.6) is 0 Å². The highest BCUT2D eigenvalue weighted by atomic mass is 16.5. The Morgan fingerprint density at radius 1 is 1.39 bits per heavy atom. The van der Waals surface area contributed by atoms with E-state index in [0.717, 1.165) is 17.0 Å². The molecule has 2 aromatic heterocycles. The van der Waals surface area contributed by atoms with Gasteiger partial charge in [0.25, 0.3) is 0 Å². The highest BCUT2D eigenvalue weighted by Crippen LogP contribution is 2.38. The van der Waals surface area contributed by atoms with Crippen LogP contribution in [0.25, 0.3) is 0 Å². The molecular formula is C16H21N5O2. The Morgan fingerprint density at radius 2 is 2.17 bits per heavy atom. The molecule has 0 aromatic carbocycles. The van der Waals surface area contributed by atoms with E-state index < -0.39 is 0 Å². The molecule has 1 N–H and O–H groups in total. The van der Waals surface area contributed by atoms with E-state index in [1.165, 1.54) is 0 Å². The standard InChI is InChI=1S/C16H21N5O2/c1-9-14(10(2)21(4)20-9)15-12(6-8-23-15)16(22)19-13-5-7-17-11(3)18-13/h5,7,12,15H,6,8H2,1-4H3,(H,17,18,19,22)/t12-,15-/m0/s1. The lowest BCUT2D eigenvalue weighted by molar-refractivity contribution is -0.121. The lowest BCUT2D eigenvalue weighted by Gasteiger charge is -2.18. The van der Waals surface area contributed by atoms with Gasteiger partial charge in [-0.1, -0.05) is 0 Å². The molecule has 0 bridgehead atoms. The summed E-state index contributed by atoms with van der Waals surface area (Å²) in [6, 6.07) is 1.69. The molecule has 1 amide bonds. The molecule has 2 atom stereocenters. The number of hydrogen-bond donors (Lipinski definition) is 1. The largest absolute Gasteiger partial charge is 0.373 e. The molecule has 0 saturated carbocycles. The first-order valence-corrected chi connectivity index (χ1v) is 7.69. The van der Waals surface area contributed by atoms with E-state index in [-0.39, 0.29) is 17.9 Å². The van der Waals surface area contributed by atoms with Gasteiger partial charge in [-0.05, 0) is 33.3 Å². The van der Waals surface area contributed by atoms with Crippen LogP contribution in [0.2, 0.25) is 0 Å². The summed E-state index contributed by atoms with van der Waals surface area (Å²) in [6.45, 7) is 6.31. The van der Waals surface area contributed by atoms with Gasteiger partial charge in [0.1, 0.15) is 11.6 Å². The molecule has 1 aliphatic heterocycles. The van der Waals surface area contributed by atoms with Gasteiger partial charge < -0.3 is 10.1 Å². The van der Waals surface area contributed by atoms with Crippen molar-refractivity contribution in [1.82, 2.24) is 19.7 Å². The SMILES string of the molecule is Cc1nccc(NC(=O)[C@H]2CCO[C@@H]2c2c(C)nn(C)c2C)n1. The van der Waals surface area contributed by atoms with Crippen molar-refractivity contribution in [2.24, 2.45) is 13.0 Å². The van der Waals surface area contributed by atoms with Crippen molar-refractivity contribution in [3.8, 4) is 0 Å². The maximum Gasteiger partial charge on any atom is 0.231 e. The van der Waals surface area contributed by atoms with Crippen LogP contribution in [0.4, 0.5) is 5.82 Å². The zero-order valence-electron chi connectivity index (χ0n) is 13.8. The first-order chi connectivity index (χ1) is 11.0. The number of hydrogen-bond acceptors (Lipinski definition) is 5. The Kier molecular flexibility index (Phi) is 4.12. The summed E-state index contributed by atoms with van der Waals surface area (Å²) in [5, 5.41) is 7.30. The van der Waals surface area contributed by atoms with E-state index in [0.29, 0.717) is 24.7 Å². The number of aromatic nitrogens is 4. The van der Waals surface area contributed by atoms with Gasteiger partial charge >= 0.3 is 0 Å². The number of ether oxygens (including phenoxy) is 1. The number of rotatable bonds is 3. The summed E-state index contributed by atoms with van der Waals surface area (Å²) in [5.41, 5.74) is 2.96. The van der Waals surface area contributed by atoms with E-state index >= 15 is 0 Å². The van der Waals surface area contributed by atoms with Crippen molar-refractivity contribution in [2.75, 3.05) is 11.9 Å². The fourth-order valence-corrected chi connectivity index (χ4v) is 3.09. The van der Waals surface area contributed by atoms with Crippen molar-refractivity contribution in [3.05, 3.63) is 35.0 Å². The third-order valence-electron chi connectivity index (χ3n) is 4.31. The smallest absolute Gasteiger partial charge is 0.231 e. The third kappa shape index (κ3) is 2.96. The zero-order chi connectivity index (χ0) is 16.6. The average molecular weight is 315 g/mol. The molecule has 0 radical (unpaired) electrons. The fourth-order valence-electron chi connectivity index (χ4n) is 3.09. The Bertz CT molecular complexity index is 740. The van der Waals surface area contributed by atoms with Crippen LogP contribution in [-0.2, 0) is 16.6 Å². The summed E-state index contributed by atoms with van der Waals surface area (Å²) < 4.78 is 7.69. The predicted octanol–water partition coefficient (Wildman–Crippen LogP) is 1.85. The van der Waals surface area contributed by atoms with Gasteiger partial charge in [-0.2, -0.15) is 5.10 Å². The van der Waals surface area contributed by atoms with Gasteiger partial charge in [0, 0.05) is 31.1 Å². The van der Waals surface area contributed by atoms with Crippen molar-refractivity contribution in [1.29, 1.82) is 0 Å². The summed E-state index contributed by atoms with van der Waals surface area (Å²) >= 11 is 0. The van der Waals surface area contributed by atoms with Crippen molar-refractivity contribution in [3.63, 3.8) is 0 Å². The Morgan fingerprint density at radius 3 is 2.83 bits per heavy atom. The number of aryl methyl sites for hydroxylation is 3. The first-order valence-electron chi connectivity index (χ1n) is 7.69. The second-order valence-electron chi connectivity index (χ2n) is 5.87. The molecule has 2 aromatic rings. The lowest BCUT2D eigenvalue weighted by atomic mass is 9.93. The van der Waals surface area contributed by atoms with Crippen LogP contribution in [0.1, 0.15) is 35.3 Å². The molecule has 7 nitrogen and oxygen atoms in total. The number of amides is 1. The van der Waals surface area contributed by atoms with Crippen LogP contribution < -0.4 is 5.32 Å². The minimum absolute atomic E-state index is 0.0757. The van der Waals surface area contributed by atoms with Crippen LogP contribution in [0.3, 0.4) is 0 Å². The van der Waals surface area contributed by atoms with Crippen molar-refractivity contribution >= 4 is 11.7 Å². The first kappa shape index (κ1) is 15.6. The molecule has 1 fully saturated rings. The highest BCUT2D eigenvalue weighted by molar-refractivity contribution is 5.92. The highest BCUT2D eigenvalue weighted by Gasteiger charge is 2.38. The quantitative estimate of drug-likeness (QED) is 0.935. The van der Waals surface area contributed by atoms with Crippen LogP contribution in [0, 0.1) is 26.7 Å². The summed E-state index contributed by atoms with van der Waals surface area (Å²) in [5.74, 6) is 0.828. The topological polar surface area (TPSA) is 81.9 Å². The Balaban J connectivity index is 1.82. The van der Waals surface area contributed by atoms with Gasteiger partial charge in [0.05, 0.1) is 17.7 Å². The third-order valence-corrected chi connectivity index (χ3v) is 4.31. The van der Waals surface area contributed by atoms with Gasteiger partial charge in [-0.15, -0.1) is 0 Å². The number of nitrogens with zero attached hydrogens (tertiary/aromatic N) is 4. The number of carbonyl (C=O) groups excluding carboxylic acids is 1. The molecule has 3 heterocycles. The van der Waals surface area contributed by atoms with Crippen LogP contribution in [0.15, 0.2) is 12.3 Å². The van der Waals surface area contributed by atoms with E-state index in [9.17, 15) is 4.79 Å². The maximum atomic E-state index is 12.7. The van der Waals surface area contributed by atoms with Gasteiger partial charge in [-0.25, -0.2) is 9.97 Å². The lowest BCUT2D eigenvalue weighted by Crippen LogP contribution is -2.26. The van der Waals surface area contributed by atoms with Crippen LogP contribution in [-0.4, -0.2) is 32.3 Å². The molecule has 0 aliphatic carbocycles. The number of nitrogens with one attached hydrogen (secondary N) is 1. The predicted molar refractivity (Wildman–Crippen MR) is 84.9 cm³/mol. The van der Waals surface area contributed by atoms with E-state index in [2.05, 4.69) is 20.4 Å². The summed E-state index contributed by atoms with van der Waals surface area (Å²) in [4.78, 5) is 20.9. The molecular weight excluding hydrogens is 294 g/mol. The summed E-state index contributed by atoms with van der Waals surface area (Å²) in [7, 11) is 1.90. The van der Waals surface area contributed by atoms with Crippen molar-refractivity contribution < 1.29 is 9.53 Å². The fraction of sp³-hybridized carbons (Fsp3) is 0.500. The van der Waals surface area contributed by atoms with Crippen LogP contribution >= 0.6 is 0 Å². The van der Waals surface area contributed by atoms with Crippen molar-refractivity contribution in [2.45, 2.75) is 33.3 Å². The van der Waals surface area contributed by atoms with Gasteiger partial charge in [-0.3, -0.25) is 9.48 Å². The Labute approximate surface area is 135 Å². The zero-order valence-corrected chi connectivity index (χ0v) is 13.8. The second kappa shape index (κ2) is 6.08. The molecule has 7 heteroatoms. The minimum atomic E-state index is -0.258. The maximum absolute atomic E-state index is 12.7. The van der Waals surface area contributed by atoms with E-state index in [4.69, 9.17) is 4.74 Å². The molecule has 3 rings (SSSR count). The van der Waals surface area contributed by atoms with E-state index in [1.54, 1.807) is 19.2 Å². The molecule has 1 aliphatic rings. The molecule has 0 spiro atoms. The minimum Gasteiger partial charge on any atom is -0.373 e. The molecule has 122 valence electrons. The van der Waals surface area contributed by atoms with Gasteiger partial charge in [0.15, 0.2) is 0 Å².